The molecule has 0 spiro atoms. The van der Waals surface area contributed by atoms with E-state index in [1.807, 2.05) is 6.92 Å². The molecular weight excluding hydrogens is 369 g/mol. The summed E-state index contributed by atoms with van der Waals surface area (Å²) >= 11 is 0. The van der Waals surface area contributed by atoms with Gasteiger partial charge < -0.3 is 10.5 Å². The molecule has 2 N–H and O–H groups in total. The zero-order chi connectivity index (χ0) is 17.2. The molecule has 0 radical (unpaired) electrons. The van der Waals surface area contributed by atoms with E-state index in [0.29, 0.717) is 32.0 Å². The summed E-state index contributed by atoms with van der Waals surface area (Å²) in [6.07, 6.45) is 1.26. The highest BCUT2D eigenvalue weighted by Crippen LogP contribution is 2.28. The van der Waals surface area contributed by atoms with Crippen molar-refractivity contribution in [2.24, 2.45) is 11.7 Å². The summed E-state index contributed by atoms with van der Waals surface area (Å²) in [6.45, 7) is -0.702. The number of nitrogens with two attached hydrogens (primary N) is 1. The van der Waals surface area contributed by atoms with Crippen molar-refractivity contribution in [2.45, 2.75) is 37.3 Å². The zero-order valence-electron chi connectivity index (χ0n) is 13.0. The van der Waals surface area contributed by atoms with Gasteiger partial charge in [-0.15, -0.1) is 12.4 Å². The van der Waals surface area contributed by atoms with E-state index in [2.05, 4.69) is 4.74 Å². The minimum atomic E-state index is -3.87. The fraction of sp³-hybridized carbons (Fsp3) is 0.571. The van der Waals surface area contributed by atoms with Crippen LogP contribution in [0.4, 0.5) is 13.2 Å². The van der Waals surface area contributed by atoms with Crippen LogP contribution >= 0.6 is 12.4 Å². The molecule has 24 heavy (non-hydrogen) atoms. The molecule has 1 aromatic carbocycles. The van der Waals surface area contributed by atoms with Crippen molar-refractivity contribution >= 4 is 22.4 Å². The first-order valence-corrected chi connectivity index (χ1v) is 8.66. The Morgan fingerprint density at radius 1 is 1.29 bits per heavy atom. The Kier molecular flexibility index (Phi) is 7.33. The van der Waals surface area contributed by atoms with Gasteiger partial charge in [0, 0.05) is 19.1 Å². The number of hydrogen-bond donors (Lipinski definition) is 1. The highest BCUT2D eigenvalue weighted by molar-refractivity contribution is 7.89. The van der Waals surface area contributed by atoms with E-state index in [1.165, 1.54) is 4.31 Å². The van der Waals surface area contributed by atoms with E-state index >= 15 is 0 Å². The lowest BCUT2D eigenvalue weighted by Gasteiger charge is -2.32. The number of alkyl halides is 2. The predicted molar refractivity (Wildman–Crippen MR) is 85.4 cm³/mol. The number of piperidine rings is 1. The molecular formula is C14H20ClF3N2O3S. The van der Waals surface area contributed by atoms with Crippen LogP contribution in [0.1, 0.15) is 19.8 Å². The van der Waals surface area contributed by atoms with Gasteiger partial charge in [0.2, 0.25) is 10.0 Å². The van der Waals surface area contributed by atoms with Crippen LogP contribution < -0.4 is 10.5 Å². The number of nitrogens with zero attached hydrogens (tertiary/aromatic N) is 1. The minimum Gasteiger partial charge on any atom is -0.432 e. The van der Waals surface area contributed by atoms with E-state index in [9.17, 15) is 21.6 Å². The number of hydrogen-bond acceptors (Lipinski definition) is 4. The Hall–Kier alpha value is -1.03. The Balaban J connectivity index is 0.00000288. The van der Waals surface area contributed by atoms with E-state index in [1.54, 1.807) is 0 Å². The topological polar surface area (TPSA) is 72.6 Å². The number of rotatable bonds is 5. The maximum atomic E-state index is 13.7. The fourth-order valence-corrected chi connectivity index (χ4v) is 4.11. The normalized spacial score (nSPS) is 18.2. The van der Waals surface area contributed by atoms with Gasteiger partial charge in [0.05, 0.1) is 4.90 Å². The molecule has 1 atom stereocenters. The van der Waals surface area contributed by atoms with Crippen LogP contribution in [0.15, 0.2) is 23.1 Å². The summed E-state index contributed by atoms with van der Waals surface area (Å²) in [5.41, 5.74) is 5.82. The molecule has 1 aliphatic heterocycles. The second-order valence-electron chi connectivity index (χ2n) is 5.57. The van der Waals surface area contributed by atoms with Crippen molar-refractivity contribution in [2.75, 3.05) is 13.1 Å². The second-order valence-corrected chi connectivity index (χ2v) is 7.51. The second kappa shape index (κ2) is 8.37. The van der Waals surface area contributed by atoms with Crippen molar-refractivity contribution < 1.29 is 26.3 Å². The lowest BCUT2D eigenvalue weighted by atomic mass is 9.92. The molecule has 0 bridgehead atoms. The standard InChI is InChI=1S/C14H19F3N2O3S.ClH/c1-9(18)10-4-6-19(7-5-10)23(20,21)11-2-3-13(12(15)8-11)22-14(16)17;/h2-3,8-10,14H,4-7,18H2,1H3;1H. The minimum absolute atomic E-state index is 0. The van der Waals surface area contributed by atoms with Crippen LogP contribution in [-0.2, 0) is 10.0 Å². The molecule has 1 fully saturated rings. The number of halogens is 4. The van der Waals surface area contributed by atoms with Gasteiger partial charge >= 0.3 is 6.61 Å². The third-order valence-electron chi connectivity index (χ3n) is 4.00. The Labute approximate surface area is 145 Å². The summed E-state index contributed by atoms with van der Waals surface area (Å²) in [7, 11) is -3.87. The third-order valence-corrected chi connectivity index (χ3v) is 5.89. The number of sulfonamides is 1. The first-order valence-electron chi connectivity index (χ1n) is 7.22. The van der Waals surface area contributed by atoms with Gasteiger partial charge in [-0.25, -0.2) is 12.8 Å². The summed E-state index contributed by atoms with van der Waals surface area (Å²) < 4.78 is 68.1. The van der Waals surface area contributed by atoms with Gasteiger partial charge in [0.1, 0.15) is 0 Å². The molecule has 1 aliphatic rings. The first kappa shape index (κ1) is 21.0. The molecule has 10 heteroatoms. The molecule has 0 saturated carbocycles. The predicted octanol–water partition coefficient (Wildman–Crippen LogP) is 2.60. The molecule has 5 nitrogen and oxygen atoms in total. The lowest BCUT2D eigenvalue weighted by molar-refractivity contribution is -0.0522. The highest BCUT2D eigenvalue weighted by atomic mass is 35.5. The van der Waals surface area contributed by atoms with Crippen molar-refractivity contribution in [3.63, 3.8) is 0 Å². The summed E-state index contributed by atoms with van der Waals surface area (Å²) in [5.74, 6) is -1.58. The van der Waals surface area contributed by atoms with Gasteiger partial charge in [0.15, 0.2) is 11.6 Å². The fourth-order valence-electron chi connectivity index (χ4n) is 2.62. The van der Waals surface area contributed by atoms with Crippen LogP contribution in [0.2, 0.25) is 0 Å². The average Bonchev–Trinajstić information content (AvgIpc) is 2.49. The molecule has 0 amide bonds. The summed E-state index contributed by atoms with van der Waals surface area (Å²) in [6, 6.07) is 2.64. The Morgan fingerprint density at radius 2 is 1.88 bits per heavy atom. The molecule has 1 aromatic rings. The van der Waals surface area contributed by atoms with Gasteiger partial charge in [0.25, 0.3) is 0 Å². The van der Waals surface area contributed by atoms with E-state index in [-0.39, 0.29) is 29.3 Å². The van der Waals surface area contributed by atoms with E-state index < -0.39 is 28.2 Å². The number of benzene rings is 1. The van der Waals surface area contributed by atoms with Crippen molar-refractivity contribution in [1.29, 1.82) is 0 Å². The maximum Gasteiger partial charge on any atom is 0.387 e. The molecule has 1 heterocycles. The van der Waals surface area contributed by atoms with E-state index in [0.717, 1.165) is 12.1 Å². The Bertz CT molecular complexity index is 651. The SMILES string of the molecule is CC(N)C1CCN(S(=O)(=O)c2ccc(OC(F)F)c(F)c2)CC1.Cl. The third kappa shape index (κ3) is 4.75. The lowest BCUT2D eigenvalue weighted by Crippen LogP contribution is -2.42. The first-order chi connectivity index (χ1) is 10.7. The molecule has 0 aliphatic carbocycles. The molecule has 138 valence electrons. The van der Waals surface area contributed by atoms with Gasteiger partial charge in [-0.3, -0.25) is 0 Å². The molecule has 2 rings (SSSR count). The molecule has 1 saturated heterocycles. The van der Waals surface area contributed by atoms with Gasteiger partial charge in [-0.2, -0.15) is 13.1 Å². The van der Waals surface area contributed by atoms with Gasteiger partial charge in [-0.05, 0) is 43.9 Å². The van der Waals surface area contributed by atoms with Crippen LogP contribution in [0.5, 0.6) is 5.75 Å². The average molecular weight is 389 g/mol. The van der Waals surface area contributed by atoms with Crippen molar-refractivity contribution in [3.05, 3.63) is 24.0 Å². The van der Waals surface area contributed by atoms with Crippen LogP contribution in [0.3, 0.4) is 0 Å². The quantitative estimate of drug-likeness (QED) is 0.841. The van der Waals surface area contributed by atoms with Crippen molar-refractivity contribution in [1.82, 2.24) is 4.31 Å². The highest BCUT2D eigenvalue weighted by Gasteiger charge is 2.31. The van der Waals surface area contributed by atoms with Gasteiger partial charge in [-0.1, -0.05) is 0 Å². The largest absolute Gasteiger partial charge is 0.432 e. The smallest absolute Gasteiger partial charge is 0.387 e. The number of ether oxygens (including phenoxy) is 1. The molecule has 0 aromatic heterocycles. The summed E-state index contributed by atoms with van der Waals surface area (Å²) in [5, 5.41) is 0. The van der Waals surface area contributed by atoms with Crippen molar-refractivity contribution in [3.8, 4) is 5.75 Å². The Morgan fingerprint density at radius 3 is 2.33 bits per heavy atom. The van der Waals surface area contributed by atoms with E-state index in [4.69, 9.17) is 5.73 Å². The summed E-state index contributed by atoms with van der Waals surface area (Å²) in [4.78, 5) is -0.282. The zero-order valence-corrected chi connectivity index (χ0v) is 14.6. The van der Waals surface area contributed by atoms with Crippen LogP contribution in [0.25, 0.3) is 0 Å². The monoisotopic (exact) mass is 388 g/mol. The van der Waals surface area contributed by atoms with Crippen LogP contribution in [-0.4, -0.2) is 38.5 Å². The molecule has 1 unspecified atom stereocenters. The van der Waals surface area contributed by atoms with Crippen LogP contribution in [0, 0.1) is 11.7 Å². The maximum absolute atomic E-state index is 13.7.